The molecule has 2 aromatic rings. The molecule has 0 atom stereocenters. The summed E-state index contributed by atoms with van der Waals surface area (Å²) in [5, 5.41) is 2.42. The third-order valence-corrected chi connectivity index (χ3v) is 3.32. The second kappa shape index (κ2) is 5.62. The van der Waals surface area contributed by atoms with Crippen molar-refractivity contribution in [1.29, 1.82) is 0 Å². The SMILES string of the molecule is CSc1ccc(C(F)(F)F)cc1NC(=O)c1ccco1. The van der Waals surface area contributed by atoms with Crippen molar-refractivity contribution in [1.82, 2.24) is 0 Å². The smallest absolute Gasteiger partial charge is 0.416 e. The van der Waals surface area contributed by atoms with Crippen molar-refractivity contribution in [3.05, 3.63) is 47.9 Å². The van der Waals surface area contributed by atoms with Crippen molar-refractivity contribution < 1.29 is 22.4 Å². The standard InChI is InChI=1S/C13H10F3NO2S/c1-20-11-5-4-8(13(14,15)16)7-9(11)17-12(18)10-3-2-6-19-10/h2-7H,1H3,(H,17,18). The monoisotopic (exact) mass is 301 g/mol. The summed E-state index contributed by atoms with van der Waals surface area (Å²) >= 11 is 1.24. The molecule has 1 aromatic carbocycles. The molecule has 1 amide bonds. The van der Waals surface area contributed by atoms with Crippen LogP contribution in [0.15, 0.2) is 45.9 Å². The molecule has 0 aliphatic heterocycles. The topological polar surface area (TPSA) is 42.2 Å². The van der Waals surface area contributed by atoms with Gasteiger partial charge in [-0.15, -0.1) is 11.8 Å². The van der Waals surface area contributed by atoms with E-state index in [0.29, 0.717) is 4.90 Å². The molecule has 0 aliphatic rings. The molecular weight excluding hydrogens is 291 g/mol. The van der Waals surface area contributed by atoms with Gasteiger partial charge in [0.2, 0.25) is 0 Å². The Labute approximate surface area is 117 Å². The highest BCUT2D eigenvalue weighted by molar-refractivity contribution is 7.98. The van der Waals surface area contributed by atoms with Crippen LogP contribution in [0.25, 0.3) is 0 Å². The van der Waals surface area contributed by atoms with Gasteiger partial charge in [-0.2, -0.15) is 13.2 Å². The molecule has 3 nitrogen and oxygen atoms in total. The van der Waals surface area contributed by atoms with E-state index < -0.39 is 17.6 Å². The molecule has 0 bridgehead atoms. The molecule has 0 unspecified atom stereocenters. The van der Waals surface area contributed by atoms with Crippen molar-refractivity contribution in [2.75, 3.05) is 11.6 Å². The van der Waals surface area contributed by atoms with Gasteiger partial charge in [-0.3, -0.25) is 4.79 Å². The zero-order valence-electron chi connectivity index (χ0n) is 10.3. The second-order valence-electron chi connectivity index (χ2n) is 3.84. The van der Waals surface area contributed by atoms with Crippen LogP contribution in [0.3, 0.4) is 0 Å². The fourth-order valence-electron chi connectivity index (χ4n) is 1.57. The number of hydrogen-bond acceptors (Lipinski definition) is 3. The van der Waals surface area contributed by atoms with Gasteiger partial charge in [0.15, 0.2) is 5.76 Å². The van der Waals surface area contributed by atoms with E-state index in [1.165, 1.54) is 36.2 Å². The fourth-order valence-corrected chi connectivity index (χ4v) is 2.11. The Hall–Kier alpha value is -1.89. The minimum atomic E-state index is -4.46. The van der Waals surface area contributed by atoms with E-state index in [2.05, 4.69) is 5.32 Å². The fraction of sp³-hybridized carbons (Fsp3) is 0.154. The number of thioether (sulfide) groups is 1. The van der Waals surface area contributed by atoms with Crippen LogP contribution >= 0.6 is 11.8 Å². The number of amides is 1. The molecule has 0 spiro atoms. The first-order valence-corrected chi connectivity index (χ1v) is 6.74. The van der Waals surface area contributed by atoms with Crippen LogP contribution in [0, 0.1) is 0 Å². The van der Waals surface area contributed by atoms with Crippen LogP contribution in [0.2, 0.25) is 0 Å². The van der Waals surface area contributed by atoms with Crippen LogP contribution in [0.5, 0.6) is 0 Å². The minimum absolute atomic E-state index is 0.0365. The first kappa shape index (κ1) is 14.5. The van der Waals surface area contributed by atoms with E-state index in [1.54, 1.807) is 6.26 Å². The maximum atomic E-state index is 12.7. The third kappa shape index (κ3) is 3.16. The number of alkyl halides is 3. The molecule has 0 saturated carbocycles. The van der Waals surface area contributed by atoms with Gasteiger partial charge >= 0.3 is 6.18 Å². The van der Waals surface area contributed by atoms with Crippen LogP contribution in [-0.2, 0) is 6.18 Å². The lowest BCUT2D eigenvalue weighted by molar-refractivity contribution is -0.137. The van der Waals surface area contributed by atoms with Gasteiger partial charge in [-0.25, -0.2) is 0 Å². The lowest BCUT2D eigenvalue weighted by atomic mass is 10.2. The number of halogens is 3. The summed E-state index contributed by atoms with van der Waals surface area (Å²) in [6.07, 6.45) is -1.43. The number of carbonyl (C=O) groups is 1. The van der Waals surface area contributed by atoms with Crippen molar-refractivity contribution in [3.63, 3.8) is 0 Å². The molecule has 0 aliphatic carbocycles. The molecule has 1 N–H and O–H groups in total. The lowest BCUT2D eigenvalue weighted by Gasteiger charge is -2.12. The van der Waals surface area contributed by atoms with E-state index in [1.807, 2.05) is 0 Å². The van der Waals surface area contributed by atoms with Crippen LogP contribution < -0.4 is 5.32 Å². The molecule has 0 saturated heterocycles. The lowest BCUT2D eigenvalue weighted by Crippen LogP contribution is -2.13. The van der Waals surface area contributed by atoms with E-state index in [-0.39, 0.29) is 11.4 Å². The Bertz CT molecular complexity index is 609. The maximum absolute atomic E-state index is 12.7. The summed E-state index contributed by atoms with van der Waals surface area (Å²) in [7, 11) is 0. The van der Waals surface area contributed by atoms with E-state index in [9.17, 15) is 18.0 Å². The Morgan fingerprint density at radius 2 is 2.05 bits per heavy atom. The number of anilines is 1. The molecular formula is C13H10F3NO2S. The zero-order valence-corrected chi connectivity index (χ0v) is 11.1. The summed E-state index contributed by atoms with van der Waals surface area (Å²) < 4.78 is 42.9. The number of benzene rings is 1. The number of nitrogens with one attached hydrogen (secondary N) is 1. The molecule has 1 heterocycles. The highest BCUT2D eigenvalue weighted by atomic mass is 32.2. The van der Waals surface area contributed by atoms with Crippen molar-refractivity contribution in [2.45, 2.75) is 11.1 Å². The average molecular weight is 301 g/mol. The quantitative estimate of drug-likeness (QED) is 0.861. The van der Waals surface area contributed by atoms with Gasteiger partial charge in [0.1, 0.15) is 0 Å². The normalized spacial score (nSPS) is 11.4. The van der Waals surface area contributed by atoms with Gasteiger partial charge in [-0.05, 0) is 36.6 Å². The summed E-state index contributed by atoms with van der Waals surface area (Å²) in [6, 6.07) is 6.17. The van der Waals surface area contributed by atoms with Crippen LogP contribution in [0.4, 0.5) is 18.9 Å². The first-order valence-electron chi connectivity index (χ1n) is 5.52. The van der Waals surface area contributed by atoms with Gasteiger partial charge in [-0.1, -0.05) is 0 Å². The van der Waals surface area contributed by atoms with E-state index in [0.717, 1.165) is 12.1 Å². The zero-order chi connectivity index (χ0) is 14.8. The Kier molecular flexibility index (Phi) is 4.08. The summed E-state index contributed by atoms with van der Waals surface area (Å²) in [4.78, 5) is 12.3. The minimum Gasteiger partial charge on any atom is -0.459 e. The molecule has 1 aromatic heterocycles. The molecule has 20 heavy (non-hydrogen) atoms. The second-order valence-corrected chi connectivity index (χ2v) is 4.69. The maximum Gasteiger partial charge on any atom is 0.416 e. The summed E-state index contributed by atoms with van der Waals surface area (Å²) in [6.45, 7) is 0. The van der Waals surface area contributed by atoms with Gasteiger partial charge < -0.3 is 9.73 Å². The largest absolute Gasteiger partial charge is 0.459 e. The number of rotatable bonds is 3. The average Bonchev–Trinajstić information content (AvgIpc) is 2.91. The molecule has 0 radical (unpaired) electrons. The predicted octanol–water partition coefficient (Wildman–Crippen LogP) is 4.27. The molecule has 106 valence electrons. The predicted molar refractivity (Wildman–Crippen MR) is 69.9 cm³/mol. The number of carbonyl (C=O) groups excluding carboxylic acids is 1. The van der Waals surface area contributed by atoms with Crippen LogP contribution in [0.1, 0.15) is 16.1 Å². The van der Waals surface area contributed by atoms with Crippen molar-refractivity contribution in [2.24, 2.45) is 0 Å². The molecule has 7 heteroatoms. The highest BCUT2D eigenvalue weighted by Crippen LogP contribution is 2.35. The molecule has 0 fully saturated rings. The van der Waals surface area contributed by atoms with Gasteiger partial charge in [0.05, 0.1) is 17.5 Å². The Morgan fingerprint density at radius 1 is 1.30 bits per heavy atom. The Morgan fingerprint density at radius 3 is 2.60 bits per heavy atom. The summed E-state index contributed by atoms with van der Waals surface area (Å²) in [5.74, 6) is -0.556. The van der Waals surface area contributed by atoms with Crippen LogP contribution in [-0.4, -0.2) is 12.2 Å². The summed E-state index contributed by atoms with van der Waals surface area (Å²) in [5.41, 5.74) is -0.709. The number of hydrogen-bond donors (Lipinski definition) is 1. The van der Waals surface area contributed by atoms with E-state index >= 15 is 0 Å². The van der Waals surface area contributed by atoms with Crippen molar-refractivity contribution >= 4 is 23.4 Å². The van der Waals surface area contributed by atoms with E-state index in [4.69, 9.17) is 4.42 Å². The van der Waals surface area contributed by atoms with Gasteiger partial charge in [0, 0.05) is 4.90 Å². The van der Waals surface area contributed by atoms with Gasteiger partial charge in [0.25, 0.3) is 5.91 Å². The number of furan rings is 1. The Balaban J connectivity index is 2.32. The first-order chi connectivity index (χ1) is 9.41. The third-order valence-electron chi connectivity index (χ3n) is 2.52. The van der Waals surface area contributed by atoms with Crippen molar-refractivity contribution in [3.8, 4) is 0 Å². The highest BCUT2D eigenvalue weighted by Gasteiger charge is 2.31. The molecule has 2 rings (SSSR count).